The van der Waals surface area contributed by atoms with Crippen LogP contribution in [0.4, 0.5) is 0 Å². The van der Waals surface area contributed by atoms with Gasteiger partial charge in [0.2, 0.25) is 0 Å². The number of cyclic esters (lactones) is 1. The maximum atomic E-state index is 13.2. The van der Waals surface area contributed by atoms with Crippen LogP contribution in [0.25, 0.3) is 22.3 Å². The smallest absolute Gasteiger partial charge is 1.00 e. The van der Waals surface area contributed by atoms with Crippen LogP contribution in [0, 0.1) is 0 Å². The number of benzene rings is 1. The largest absolute Gasteiger partial charge is 1.00 e. The first kappa shape index (κ1) is 20.3. The van der Waals surface area contributed by atoms with Gasteiger partial charge in [-0.1, -0.05) is 32.0 Å². The number of fused-ring (bicyclic) bond motifs is 5. The molecule has 1 unspecified atom stereocenters. The van der Waals surface area contributed by atoms with E-state index in [1.807, 2.05) is 18.2 Å². The first-order chi connectivity index (χ1) is 13.5. The molecular weight excluding hydrogens is 379 g/mol. The fourth-order valence-electron chi connectivity index (χ4n) is 4.52. The Morgan fingerprint density at radius 1 is 1.24 bits per heavy atom. The van der Waals surface area contributed by atoms with Gasteiger partial charge in [0.25, 0.3) is 5.56 Å². The molecule has 1 atom stereocenters. The third-order valence-corrected chi connectivity index (χ3v) is 6.07. The summed E-state index contributed by atoms with van der Waals surface area (Å²) in [6.07, 6.45) is 0.967. The van der Waals surface area contributed by atoms with Crippen LogP contribution in [0.1, 0.15) is 43.9 Å². The number of aliphatic hydroxyl groups is 1. The zero-order valence-corrected chi connectivity index (χ0v) is 18.8. The monoisotopic (exact) mass is 400 g/mol. The third-order valence-electron chi connectivity index (χ3n) is 6.07. The van der Waals surface area contributed by atoms with E-state index in [2.05, 4.69) is 13.0 Å². The van der Waals surface area contributed by atoms with E-state index >= 15 is 0 Å². The van der Waals surface area contributed by atoms with Gasteiger partial charge in [0, 0.05) is 16.5 Å². The van der Waals surface area contributed by atoms with Crippen LogP contribution in [-0.4, -0.2) is 20.6 Å². The maximum Gasteiger partial charge on any atom is 1.00 e. The number of esters is 1. The Balaban J connectivity index is 0.00000128. The molecule has 1 N–H and O–H groups in total. The van der Waals surface area contributed by atoms with Crippen LogP contribution in [-0.2, 0) is 34.7 Å². The van der Waals surface area contributed by atoms with Crippen molar-refractivity contribution < 1.29 is 45.6 Å². The predicted molar refractivity (Wildman–Crippen MR) is 105 cm³/mol. The number of hydrogen-bond acceptors (Lipinski definition) is 5. The minimum Gasteiger partial charge on any atom is -1.00 e. The van der Waals surface area contributed by atoms with Gasteiger partial charge < -0.3 is 15.8 Å². The summed E-state index contributed by atoms with van der Waals surface area (Å²) >= 11 is 0. The number of rotatable bonds is 2. The van der Waals surface area contributed by atoms with E-state index in [0.717, 1.165) is 28.6 Å². The molecule has 7 heteroatoms. The molecule has 0 aliphatic carbocycles. The summed E-state index contributed by atoms with van der Waals surface area (Å²) in [6, 6.07) is 9.72. The molecule has 0 fully saturated rings. The second-order valence-electron chi connectivity index (χ2n) is 7.39. The van der Waals surface area contributed by atoms with Crippen molar-refractivity contribution in [2.45, 2.75) is 45.4 Å². The van der Waals surface area contributed by atoms with Crippen LogP contribution in [0.15, 0.2) is 35.1 Å². The second kappa shape index (κ2) is 7.06. The van der Waals surface area contributed by atoms with Crippen molar-refractivity contribution in [2.24, 2.45) is 0 Å². The first-order valence-electron chi connectivity index (χ1n) is 9.57. The number of pyridine rings is 2. The van der Waals surface area contributed by atoms with E-state index in [1.54, 1.807) is 17.6 Å². The van der Waals surface area contributed by atoms with Crippen LogP contribution < -0.4 is 35.1 Å². The van der Waals surface area contributed by atoms with Crippen molar-refractivity contribution in [1.82, 2.24) is 9.55 Å². The summed E-state index contributed by atoms with van der Waals surface area (Å²) in [5.74, 6) is -0.703. The quantitative estimate of drug-likeness (QED) is 0.371. The van der Waals surface area contributed by atoms with Crippen molar-refractivity contribution in [3.05, 3.63) is 62.9 Å². The minimum atomic E-state index is -1.80. The molecule has 5 rings (SSSR count). The molecule has 0 saturated heterocycles. The van der Waals surface area contributed by atoms with E-state index in [1.165, 1.54) is 5.56 Å². The average Bonchev–Trinajstić information content (AvgIpc) is 3.08. The number of carbonyl (C=O) groups excluding carboxylic acids is 1. The van der Waals surface area contributed by atoms with Gasteiger partial charge in [0.1, 0.15) is 6.61 Å². The zero-order chi connectivity index (χ0) is 19.6. The summed E-state index contributed by atoms with van der Waals surface area (Å²) in [5.41, 5.74) is 3.18. The number of carbonyl (C=O) groups is 1. The van der Waals surface area contributed by atoms with Gasteiger partial charge >= 0.3 is 35.5 Å². The van der Waals surface area contributed by atoms with Gasteiger partial charge in [-0.3, -0.25) is 4.79 Å². The summed E-state index contributed by atoms with van der Waals surface area (Å²) in [5, 5.41) is 12.0. The van der Waals surface area contributed by atoms with E-state index in [4.69, 9.17) is 9.72 Å². The van der Waals surface area contributed by atoms with Gasteiger partial charge in [-0.05, 0) is 30.5 Å². The predicted octanol–water partition coefficient (Wildman–Crippen LogP) is -0.242. The van der Waals surface area contributed by atoms with Crippen LogP contribution in [0.5, 0.6) is 0 Å². The minimum absolute atomic E-state index is 0. The summed E-state index contributed by atoms with van der Waals surface area (Å²) in [4.78, 5) is 30.3. The van der Waals surface area contributed by atoms with Gasteiger partial charge in [-0.25, -0.2) is 9.78 Å². The van der Waals surface area contributed by atoms with Crippen LogP contribution >= 0.6 is 0 Å². The Morgan fingerprint density at radius 3 is 2.72 bits per heavy atom. The SMILES string of the molecule is CCc1c2c(nc3ccccc13)-c1cc3c(c(=O)n1C2)COC(=O)C3(O)CC.[H-].[Na+]. The van der Waals surface area contributed by atoms with E-state index in [9.17, 15) is 14.7 Å². The number of aryl methyl sites for hydroxylation is 1. The standard InChI is InChI=1S/C22H20N2O4.Na.H/c1-3-12-13-7-5-6-8-17(13)23-19-14(12)10-24-18(19)9-16-15(20(24)25)11-28-21(26)22(16,27)4-2;;/h5-9,27H,3-4,10-11H2,1-2H3;;/q;+1;-1. The van der Waals surface area contributed by atoms with Crippen molar-refractivity contribution >= 4 is 16.9 Å². The average molecular weight is 400 g/mol. The fourth-order valence-corrected chi connectivity index (χ4v) is 4.52. The van der Waals surface area contributed by atoms with Crippen LogP contribution in [0.3, 0.4) is 0 Å². The van der Waals surface area contributed by atoms with Crippen molar-refractivity contribution in [1.29, 1.82) is 0 Å². The van der Waals surface area contributed by atoms with Gasteiger partial charge in [0.15, 0.2) is 5.60 Å². The summed E-state index contributed by atoms with van der Waals surface area (Å²) in [7, 11) is 0. The molecule has 0 spiro atoms. The molecule has 6 nitrogen and oxygen atoms in total. The first-order valence-corrected chi connectivity index (χ1v) is 9.57. The van der Waals surface area contributed by atoms with E-state index in [0.29, 0.717) is 23.4 Å². The Kier molecular flexibility index (Phi) is 4.94. The van der Waals surface area contributed by atoms with E-state index in [-0.39, 0.29) is 49.6 Å². The number of para-hydroxylation sites is 1. The normalized spacial score (nSPS) is 19.2. The molecule has 0 saturated carbocycles. The topological polar surface area (TPSA) is 81.4 Å². The van der Waals surface area contributed by atoms with Gasteiger partial charge in [0.05, 0.1) is 29.0 Å². The van der Waals surface area contributed by atoms with Crippen molar-refractivity contribution in [3.63, 3.8) is 0 Å². The fraction of sp³-hybridized carbons (Fsp3) is 0.318. The maximum absolute atomic E-state index is 13.2. The van der Waals surface area contributed by atoms with Gasteiger partial charge in [-0.2, -0.15) is 0 Å². The van der Waals surface area contributed by atoms with Crippen molar-refractivity contribution in [3.8, 4) is 11.4 Å². The summed E-state index contributed by atoms with van der Waals surface area (Å²) < 4.78 is 6.80. The molecule has 1 aromatic carbocycles. The molecule has 2 aliphatic rings. The van der Waals surface area contributed by atoms with Crippen LogP contribution in [0.2, 0.25) is 0 Å². The number of aromatic nitrogens is 2. The number of ether oxygens (including phenoxy) is 1. The number of hydrogen-bond donors (Lipinski definition) is 1. The molecular formula is C22H21N2NaO4. The molecule has 29 heavy (non-hydrogen) atoms. The second-order valence-corrected chi connectivity index (χ2v) is 7.39. The Hall–Kier alpha value is -1.99. The molecule has 0 radical (unpaired) electrons. The molecule has 3 aromatic rings. The molecule has 0 bridgehead atoms. The number of nitrogens with zero attached hydrogens (tertiary/aromatic N) is 2. The van der Waals surface area contributed by atoms with Crippen molar-refractivity contribution in [2.75, 3.05) is 0 Å². The molecule has 4 heterocycles. The van der Waals surface area contributed by atoms with E-state index < -0.39 is 11.6 Å². The Labute approximate surface area is 191 Å². The Bertz CT molecular complexity index is 1240. The summed E-state index contributed by atoms with van der Waals surface area (Å²) in [6.45, 7) is 4.13. The third kappa shape index (κ3) is 2.66. The molecule has 144 valence electrons. The molecule has 2 aliphatic heterocycles. The Morgan fingerprint density at radius 2 is 2.00 bits per heavy atom. The molecule has 2 aromatic heterocycles. The van der Waals surface area contributed by atoms with Gasteiger partial charge in [-0.15, -0.1) is 0 Å². The zero-order valence-electron chi connectivity index (χ0n) is 17.8. The molecule has 0 amide bonds.